The van der Waals surface area contributed by atoms with Crippen molar-refractivity contribution in [1.82, 2.24) is 15.1 Å². The van der Waals surface area contributed by atoms with Crippen molar-refractivity contribution in [2.45, 2.75) is 25.9 Å². The minimum absolute atomic E-state index is 0.317. The predicted octanol–water partition coefficient (Wildman–Crippen LogP) is 2.37. The Labute approximate surface area is 108 Å². The van der Waals surface area contributed by atoms with E-state index >= 15 is 0 Å². The van der Waals surface area contributed by atoms with Crippen LogP contribution >= 0.6 is 0 Å². The first kappa shape index (κ1) is 12.4. The van der Waals surface area contributed by atoms with Gasteiger partial charge < -0.3 is 5.32 Å². The predicted molar refractivity (Wildman–Crippen MR) is 73.3 cm³/mol. The number of terminal acetylenes is 1. The molecular formula is C15H17N3. The third-order valence-electron chi connectivity index (χ3n) is 2.72. The van der Waals surface area contributed by atoms with Gasteiger partial charge in [0.15, 0.2) is 0 Å². The minimum atomic E-state index is 0.317. The lowest BCUT2D eigenvalue weighted by molar-refractivity contribution is 0.551. The van der Waals surface area contributed by atoms with Crippen LogP contribution in [0.25, 0.3) is 5.69 Å². The van der Waals surface area contributed by atoms with Crippen molar-refractivity contribution in [1.29, 1.82) is 0 Å². The second kappa shape index (κ2) is 6.04. The summed E-state index contributed by atoms with van der Waals surface area (Å²) in [5.74, 6) is 2.65. The van der Waals surface area contributed by atoms with Crippen molar-refractivity contribution >= 4 is 0 Å². The van der Waals surface area contributed by atoms with Gasteiger partial charge in [0.05, 0.1) is 11.4 Å². The van der Waals surface area contributed by atoms with Crippen LogP contribution in [0.3, 0.4) is 0 Å². The lowest BCUT2D eigenvalue weighted by Gasteiger charge is -2.08. The molecule has 0 fully saturated rings. The topological polar surface area (TPSA) is 29.9 Å². The Morgan fingerprint density at radius 2 is 2.11 bits per heavy atom. The summed E-state index contributed by atoms with van der Waals surface area (Å²) >= 11 is 0. The zero-order chi connectivity index (χ0) is 12.8. The van der Waals surface area contributed by atoms with Crippen molar-refractivity contribution in [2.24, 2.45) is 0 Å². The monoisotopic (exact) mass is 239 g/mol. The number of para-hydroxylation sites is 1. The molecule has 2 rings (SSSR count). The molecule has 0 radical (unpaired) electrons. The summed E-state index contributed by atoms with van der Waals surface area (Å²) in [4.78, 5) is 0. The molecule has 1 N–H and O–H groups in total. The first-order valence-corrected chi connectivity index (χ1v) is 6.06. The van der Waals surface area contributed by atoms with Crippen molar-refractivity contribution in [3.8, 4) is 18.0 Å². The van der Waals surface area contributed by atoms with Gasteiger partial charge in [-0.3, -0.25) is 0 Å². The number of hydrogen-bond acceptors (Lipinski definition) is 2. The molecule has 1 aromatic heterocycles. The van der Waals surface area contributed by atoms with Crippen LogP contribution in [-0.4, -0.2) is 15.8 Å². The van der Waals surface area contributed by atoms with E-state index in [0.29, 0.717) is 6.04 Å². The first-order valence-electron chi connectivity index (χ1n) is 6.06. The molecule has 0 saturated carbocycles. The summed E-state index contributed by atoms with van der Waals surface area (Å²) in [6.45, 7) is 2.82. The van der Waals surface area contributed by atoms with Crippen LogP contribution < -0.4 is 5.32 Å². The van der Waals surface area contributed by atoms with Gasteiger partial charge in [-0.15, -0.1) is 12.3 Å². The fourth-order valence-electron chi connectivity index (χ4n) is 1.71. The lowest BCUT2D eigenvalue weighted by Crippen LogP contribution is -2.25. The highest BCUT2D eigenvalue weighted by Crippen LogP contribution is 2.06. The molecule has 0 bridgehead atoms. The summed E-state index contributed by atoms with van der Waals surface area (Å²) in [6, 6.07) is 12.4. The van der Waals surface area contributed by atoms with Crippen LogP contribution in [0.1, 0.15) is 19.0 Å². The van der Waals surface area contributed by atoms with Gasteiger partial charge in [-0.1, -0.05) is 18.2 Å². The highest BCUT2D eigenvalue weighted by molar-refractivity contribution is 5.30. The number of hydrogen-bond donors (Lipinski definition) is 1. The van der Waals surface area contributed by atoms with Gasteiger partial charge in [-0.05, 0) is 25.1 Å². The van der Waals surface area contributed by atoms with E-state index in [-0.39, 0.29) is 0 Å². The van der Waals surface area contributed by atoms with Crippen LogP contribution in [0.4, 0.5) is 0 Å². The van der Waals surface area contributed by atoms with Crippen LogP contribution in [0.15, 0.2) is 42.6 Å². The molecule has 1 atom stereocenters. The van der Waals surface area contributed by atoms with Crippen molar-refractivity contribution in [3.05, 3.63) is 48.3 Å². The SMILES string of the molecule is C#CCC(C)NCc1ccn(-c2ccccc2)n1. The summed E-state index contributed by atoms with van der Waals surface area (Å²) in [5.41, 5.74) is 2.09. The maximum atomic E-state index is 5.27. The largest absolute Gasteiger partial charge is 0.308 e. The maximum absolute atomic E-state index is 5.27. The zero-order valence-corrected chi connectivity index (χ0v) is 10.5. The van der Waals surface area contributed by atoms with Gasteiger partial charge >= 0.3 is 0 Å². The Hall–Kier alpha value is -2.05. The Morgan fingerprint density at radius 1 is 1.33 bits per heavy atom. The van der Waals surface area contributed by atoms with E-state index in [0.717, 1.165) is 24.3 Å². The highest BCUT2D eigenvalue weighted by Gasteiger charge is 2.03. The van der Waals surface area contributed by atoms with Crippen molar-refractivity contribution in [3.63, 3.8) is 0 Å². The first-order chi connectivity index (χ1) is 8.79. The van der Waals surface area contributed by atoms with Gasteiger partial charge in [0.1, 0.15) is 0 Å². The fourth-order valence-corrected chi connectivity index (χ4v) is 1.71. The summed E-state index contributed by atoms with van der Waals surface area (Å²) in [7, 11) is 0. The molecule has 18 heavy (non-hydrogen) atoms. The third-order valence-corrected chi connectivity index (χ3v) is 2.72. The lowest BCUT2D eigenvalue weighted by atomic mass is 10.2. The van der Waals surface area contributed by atoms with Gasteiger partial charge in [0.2, 0.25) is 0 Å². The average molecular weight is 239 g/mol. The smallest absolute Gasteiger partial charge is 0.0766 e. The van der Waals surface area contributed by atoms with E-state index in [4.69, 9.17) is 6.42 Å². The molecule has 1 unspecified atom stereocenters. The van der Waals surface area contributed by atoms with E-state index in [2.05, 4.69) is 23.3 Å². The van der Waals surface area contributed by atoms with Gasteiger partial charge in [-0.25, -0.2) is 4.68 Å². The average Bonchev–Trinajstić information content (AvgIpc) is 2.87. The standard InChI is InChI=1S/C15H17N3/c1-3-7-13(2)16-12-14-10-11-18(17-14)15-8-5-4-6-9-15/h1,4-6,8-11,13,16H,7,12H2,2H3. The number of nitrogens with one attached hydrogen (secondary N) is 1. The van der Waals surface area contributed by atoms with Crippen LogP contribution in [-0.2, 0) is 6.54 Å². The quantitative estimate of drug-likeness (QED) is 0.812. The number of aromatic nitrogens is 2. The molecule has 0 aliphatic carbocycles. The van der Waals surface area contributed by atoms with E-state index in [1.165, 1.54) is 0 Å². The van der Waals surface area contributed by atoms with Gasteiger partial charge in [0, 0.05) is 25.2 Å². The third kappa shape index (κ3) is 3.22. The maximum Gasteiger partial charge on any atom is 0.0766 e. The molecule has 0 saturated heterocycles. The summed E-state index contributed by atoms with van der Waals surface area (Å²) < 4.78 is 1.88. The molecule has 1 heterocycles. The van der Waals surface area contributed by atoms with E-state index in [1.54, 1.807) is 0 Å². The molecule has 0 aliphatic heterocycles. The van der Waals surface area contributed by atoms with E-state index < -0.39 is 0 Å². The molecule has 1 aromatic carbocycles. The van der Waals surface area contributed by atoms with E-state index in [1.807, 2.05) is 47.3 Å². The second-order valence-electron chi connectivity index (χ2n) is 4.28. The molecule has 3 nitrogen and oxygen atoms in total. The molecular weight excluding hydrogens is 222 g/mol. The molecule has 0 spiro atoms. The zero-order valence-electron chi connectivity index (χ0n) is 10.5. The van der Waals surface area contributed by atoms with Crippen molar-refractivity contribution in [2.75, 3.05) is 0 Å². The van der Waals surface area contributed by atoms with Crippen molar-refractivity contribution < 1.29 is 0 Å². The summed E-state index contributed by atoms with van der Waals surface area (Å²) in [5, 5.41) is 7.86. The molecule has 0 aliphatic rings. The molecule has 2 aromatic rings. The van der Waals surface area contributed by atoms with Crippen LogP contribution in [0.2, 0.25) is 0 Å². The summed E-state index contributed by atoms with van der Waals surface area (Å²) in [6.07, 6.45) is 7.97. The Balaban J connectivity index is 1.97. The fraction of sp³-hybridized carbons (Fsp3) is 0.267. The van der Waals surface area contributed by atoms with E-state index in [9.17, 15) is 0 Å². The molecule has 3 heteroatoms. The Bertz CT molecular complexity index is 522. The number of benzene rings is 1. The highest BCUT2D eigenvalue weighted by atomic mass is 15.3. The molecule has 0 amide bonds. The minimum Gasteiger partial charge on any atom is -0.308 e. The van der Waals surface area contributed by atoms with Gasteiger partial charge in [0.25, 0.3) is 0 Å². The Morgan fingerprint density at radius 3 is 2.83 bits per heavy atom. The Kier molecular flexibility index (Phi) is 4.16. The van der Waals surface area contributed by atoms with Crippen LogP contribution in [0, 0.1) is 12.3 Å². The number of nitrogens with zero attached hydrogens (tertiary/aromatic N) is 2. The molecule has 92 valence electrons. The second-order valence-corrected chi connectivity index (χ2v) is 4.28. The number of rotatable bonds is 5. The normalized spacial score (nSPS) is 12.0. The van der Waals surface area contributed by atoms with Crippen LogP contribution in [0.5, 0.6) is 0 Å². The van der Waals surface area contributed by atoms with Gasteiger partial charge in [-0.2, -0.15) is 5.10 Å².